The Labute approximate surface area is 188 Å². The Morgan fingerprint density at radius 3 is 2.59 bits per heavy atom. The number of aromatic nitrogens is 2. The summed E-state index contributed by atoms with van der Waals surface area (Å²) in [6.45, 7) is 1.73. The minimum absolute atomic E-state index is 0.0549. The summed E-state index contributed by atoms with van der Waals surface area (Å²) in [5.74, 6) is -1.18. The van der Waals surface area contributed by atoms with Crippen LogP contribution in [0, 0.1) is 5.82 Å². The monoisotopic (exact) mass is 474 g/mol. The summed E-state index contributed by atoms with van der Waals surface area (Å²) < 4.78 is 41.1. The summed E-state index contributed by atoms with van der Waals surface area (Å²) in [5.41, 5.74) is 0.714. The van der Waals surface area contributed by atoms with Crippen molar-refractivity contribution in [2.24, 2.45) is 0 Å². The van der Waals surface area contributed by atoms with Gasteiger partial charge in [0.2, 0.25) is 15.0 Å². The number of amides is 1. The zero-order valence-electron chi connectivity index (χ0n) is 17.0. The molecule has 1 aliphatic heterocycles. The molecule has 8 nitrogen and oxygen atoms in total. The fourth-order valence-electron chi connectivity index (χ4n) is 3.48. The van der Waals surface area contributed by atoms with Crippen LogP contribution in [0.3, 0.4) is 0 Å². The third kappa shape index (κ3) is 4.45. The number of anilines is 1. The van der Waals surface area contributed by atoms with Crippen LogP contribution < -0.4 is 5.32 Å². The lowest BCUT2D eigenvalue weighted by Crippen LogP contribution is -2.30. The number of benzene rings is 2. The van der Waals surface area contributed by atoms with Gasteiger partial charge < -0.3 is 5.32 Å². The number of ketones is 1. The predicted octanol–water partition coefficient (Wildman–Crippen LogP) is 3.66. The quantitative estimate of drug-likeness (QED) is 0.546. The third-order valence-electron chi connectivity index (χ3n) is 5.07. The Morgan fingerprint density at radius 2 is 1.91 bits per heavy atom. The van der Waals surface area contributed by atoms with Gasteiger partial charge in [0.05, 0.1) is 10.9 Å². The van der Waals surface area contributed by atoms with Crippen LogP contribution in [0.25, 0.3) is 0 Å². The van der Waals surface area contributed by atoms with Gasteiger partial charge in [-0.15, -0.1) is 10.2 Å². The van der Waals surface area contributed by atoms with Crippen molar-refractivity contribution < 1.29 is 22.4 Å². The first kappa shape index (κ1) is 22.2. The van der Waals surface area contributed by atoms with E-state index in [-0.39, 0.29) is 21.4 Å². The average Bonchev–Trinajstić information content (AvgIpc) is 3.43. The molecular weight excluding hydrogens is 455 g/mol. The van der Waals surface area contributed by atoms with E-state index in [1.807, 2.05) is 0 Å². The Bertz CT molecular complexity index is 1270. The maximum Gasteiger partial charge on any atom is 0.286 e. The van der Waals surface area contributed by atoms with Crippen LogP contribution in [0.5, 0.6) is 0 Å². The molecule has 11 heteroatoms. The Hall–Kier alpha value is -3.02. The zero-order valence-corrected chi connectivity index (χ0v) is 18.6. The second kappa shape index (κ2) is 8.85. The SMILES string of the molecule is CC(=O)c1ccc(S(=O)(=O)N2CCC[C@H]2c2nnc(C(=O)Nc3cccc(F)c3)s2)cc1. The van der Waals surface area contributed by atoms with E-state index in [0.717, 1.165) is 11.3 Å². The van der Waals surface area contributed by atoms with Crippen molar-refractivity contribution >= 4 is 38.7 Å². The average molecular weight is 475 g/mol. The molecule has 0 bridgehead atoms. The molecule has 0 spiro atoms. The molecule has 1 fully saturated rings. The molecule has 2 aromatic carbocycles. The van der Waals surface area contributed by atoms with Crippen LogP contribution in [0.1, 0.15) is 51.0 Å². The van der Waals surface area contributed by atoms with Gasteiger partial charge in [-0.2, -0.15) is 4.31 Å². The minimum Gasteiger partial charge on any atom is -0.320 e. The summed E-state index contributed by atoms with van der Waals surface area (Å²) in [7, 11) is -3.82. The lowest BCUT2D eigenvalue weighted by atomic mass is 10.2. The molecule has 1 amide bonds. The highest BCUT2D eigenvalue weighted by molar-refractivity contribution is 7.89. The van der Waals surface area contributed by atoms with Crippen LogP contribution in [0.4, 0.5) is 10.1 Å². The molecule has 1 atom stereocenters. The van der Waals surface area contributed by atoms with Gasteiger partial charge in [-0.05, 0) is 50.1 Å². The van der Waals surface area contributed by atoms with E-state index < -0.39 is 27.8 Å². The first-order chi connectivity index (χ1) is 15.3. The van der Waals surface area contributed by atoms with Crippen molar-refractivity contribution in [3.8, 4) is 0 Å². The first-order valence-electron chi connectivity index (χ1n) is 9.79. The smallest absolute Gasteiger partial charge is 0.286 e. The van der Waals surface area contributed by atoms with Crippen molar-refractivity contribution in [3.05, 3.63) is 69.9 Å². The number of rotatable bonds is 6. The van der Waals surface area contributed by atoms with Gasteiger partial charge in [0.25, 0.3) is 5.91 Å². The van der Waals surface area contributed by atoms with Crippen LogP contribution in [0.2, 0.25) is 0 Å². The Kier molecular flexibility index (Phi) is 6.13. The number of hydrogen-bond acceptors (Lipinski definition) is 7. The fraction of sp³-hybridized carbons (Fsp3) is 0.238. The molecule has 1 aromatic heterocycles. The lowest BCUT2D eigenvalue weighted by Gasteiger charge is -2.22. The number of nitrogens with one attached hydrogen (secondary N) is 1. The summed E-state index contributed by atoms with van der Waals surface area (Å²) in [4.78, 5) is 24.0. The van der Waals surface area contributed by atoms with Gasteiger partial charge in [0.15, 0.2) is 5.78 Å². The molecule has 2 heterocycles. The van der Waals surface area contributed by atoms with Gasteiger partial charge in [-0.25, -0.2) is 12.8 Å². The maximum absolute atomic E-state index is 13.3. The van der Waals surface area contributed by atoms with Gasteiger partial charge in [0, 0.05) is 17.8 Å². The van der Waals surface area contributed by atoms with Gasteiger partial charge >= 0.3 is 0 Å². The van der Waals surface area contributed by atoms with Crippen LogP contribution in [-0.2, 0) is 10.0 Å². The summed E-state index contributed by atoms with van der Waals surface area (Å²) >= 11 is 1.00. The number of nitrogens with zero attached hydrogens (tertiary/aromatic N) is 3. The molecule has 166 valence electrons. The van der Waals surface area contributed by atoms with Gasteiger partial charge in [-0.3, -0.25) is 9.59 Å². The Morgan fingerprint density at radius 1 is 1.16 bits per heavy atom. The molecule has 4 rings (SSSR count). The van der Waals surface area contributed by atoms with Crippen molar-refractivity contribution in [2.45, 2.75) is 30.7 Å². The zero-order chi connectivity index (χ0) is 22.9. The van der Waals surface area contributed by atoms with Crippen molar-refractivity contribution in [3.63, 3.8) is 0 Å². The molecule has 0 radical (unpaired) electrons. The first-order valence-corrected chi connectivity index (χ1v) is 12.0. The summed E-state index contributed by atoms with van der Waals surface area (Å²) in [6.07, 6.45) is 1.19. The standard InChI is InChI=1S/C21H19FN4O4S2/c1-13(27)14-7-9-17(10-8-14)32(29,30)26-11-3-6-18(26)20-24-25-21(31-20)19(28)23-16-5-2-4-15(22)12-16/h2,4-5,7-10,12,18H,3,6,11H2,1H3,(H,23,28)/t18-/m0/s1. The molecule has 1 saturated heterocycles. The molecule has 3 aromatic rings. The lowest BCUT2D eigenvalue weighted by molar-refractivity contribution is 0.101. The highest BCUT2D eigenvalue weighted by Crippen LogP contribution is 2.37. The van der Waals surface area contributed by atoms with Crippen LogP contribution in [0.15, 0.2) is 53.4 Å². The topological polar surface area (TPSA) is 109 Å². The van der Waals surface area contributed by atoms with Crippen molar-refractivity contribution in [1.29, 1.82) is 0 Å². The van der Waals surface area contributed by atoms with Crippen molar-refractivity contribution in [2.75, 3.05) is 11.9 Å². The molecule has 0 unspecified atom stereocenters. The van der Waals surface area contributed by atoms with E-state index >= 15 is 0 Å². The van der Waals surface area contributed by atoms with Crippen LogP contribution in [-0.4, -0.2) is 41.2 Å². The second-order valence-corrected chi connectivity index (χ2v) is 10.2. The largest absolute Gasteiger partial charge is 0.320 e. The normalized spacial score (nSPS) is 16.8. The highest BCUT2D eigenvalue weighted by Gasteiger charge is 2.38. The third-order valence-corrected chi connectivity index (χ3v) is 8.02. The van der Waals surface area contributed by atoms with E-state index in [9.17, 15) is 22.4 Å². The number of sulfonamides is 1. The number of carbonyl (C=O) groups excluding carboxylic acids is 2. The van der Waals surface area contributed by atoms with E-state index in [0.29, 0.717) is 30.0 Å². The number of hydrogen-bond donors (Lipinski definition) is 1. The minimum atomic E-state index is -3.82. The molecular formula is C21H19FN4O4S2. The van der Waals surface area contributed by atoms with E-state index in [4.69, 9.17) is 0 Å². The van der Waals surface area contributed by atoms with E-state index in [1.165, 1.54) is 53.7 Å². The number of carbonyl (C=O) groups is 2. The molecule has 1 N–H and O–H groups in total. The molecule has 0 aliphatic carbocycles. The molecule has 1 aliphatic rings. The van der Waals surface area contributed by atoms with Gasteiger partial charge in [-0.1, -0.05) is 29.5 Å². The molecule has 32 heavy (non-hydrogen) atoms. The number of Topliss-reactive ketones (excluding diaryl/α,β-unsaturated/α-hetero) is 1. The van der Waals surface area contributed by atoms with E-state index in [1.54, 1.807) is 6.07 Å². The second-order valence-electron chi connectivity index (χ2n) is 7.26. The van der Waals surface area contributed by atoms with Gasteiger partial charge in [0.1, 0.15) is 10.8 Å². The summed E-state index contributed by atoms with van der Waals surface area (Å²) in [6, 6.07) is 10.7. The highest BCUT2D eigenvalue weighted by atomic mass is 32.2. The fourth-order valence-corrected chi connectivity index (χ4v) is 6.10. The Balaban J connectivity index is 1.54. The van der Waals surface area contributed by atoms with Crippen LogP contribution >= 0.6 is 11.3 Å². The summed E-state index contributed by atoms with van der Waals surface area (Å²) in [5, 5.41) is 11.0. The number of halogens is 1. The van der Waals surface area contributed by atoms with E-state index in [2.05, 4.69) is 15.5 Å². The van der Waals surface area contributed by atoms with Crippen molar-refractivity contribution in [1.82, 2.24) is 14.5 Å². The maximum atomic E-state index is 13.3. The predicted molar refractivity (Wildman–Crippen MR) is 117 cm³/mol. The molecule has 0 saturated carbocycles.